The molecular formula is C40H39N3O5S2. The fourth-order valence-corrected chi connectivity index (χ4v) is 7.48. The molecule has 1 atom stereocenters. The lowest BCUT2D eigenvalue weighted by Crippen LogP contribution is -2.29. The van der Waals surface area contributed by atoms with Crippen molar-refractivity contribution in [2.45, 2.75) is 62.8 Å². The van der Waals surface area contributed by atoms with Crippen molar-refractivity contribution in [2.24, 2.45) is 0 Å². The summed E-state index contributed by atoms with van der Waals surface area (Å²) in [6.07, 6.45) is 3.14. The molecule has 1 saturated heterocycles. The van der Waals surface area contributed by atoms with Gasteiger partial charge in [0, 0.05) is 11.3 Å². The summed E-state index contributed by atoms with van der Waals surface area (Å²) in [5.41, 5.74) is 5.52. The molecule has 1 N–H and O–H groups in total. The molecule has 0 bridgehead atoms. The molecule has 1 aliphatic rings. The first kappa shape index (κ1) is 34.9. The third-order valence-corrected chi connectivity index (χ3v) is 10.5. The fraction of sp³-hybridized carbons (Fsp3) is 0.250. The highest BCUT2D eigenvalue weighted by atomic mass is 32.2. The van der Waals surface area contributed by atoms with E-state index in [0.717, 1.165) is 36.0 Å². The zero-order valence-electron chi connectivity index (χ0n) is 28.3. The van der Waals surface area contributed by atoms with Gasteiger partial charge in [-0.2, -0.15) is 0 Å². The number of aliphatic hydroxyl groups excluding tert-OH is 1. The second kappa shape index (κ2) is 16.2. The summed E-state index contributed by atoms with van der Waals surface area (Å²) in [4.78, 5) is 28.8. The SMILES string of the molecule is CCCCCOc1ccc(C2C(=C(O)c3ccc(OCc4cccc(C)c4)cc3)C(=O)C(=O)N2c2nnc(SCc3ccc(C)cc3)s2)cc1. The molecule has 1 fully saturated rings. The van der Waals surface area contributed by atoms with Gasteiger partial charge in [0.15, 0.2) is 4.34 Å². The van der Waals surface area contributed by atoms with Crippen LogP contribution in [0.1, 0.15) is 65.6 Å². The van der Waals surface area contributed by atoms with Gasteiger partial charge >= 0.3 is 5.91 Å². The number of aliphatic hydroxyl groups is 1. The highest BCUT2D eigenvalue weighted by molar-refractivity contribution is 8.00. The van der Waals surface area contributed by atoms with Gasteiger partial charge in [-0.3, -0.25) is 14.5 Å². The Hall–Kier alpha value is -4.93. The van der Waals surface area contributed by atoms with E-state index < -0.39 is 17.7 Å². The smallest absolute Gasteiger partial charge is 0.301 e. The number of amides is 1. The average Bonchev–Trinajstić information content (AvgIpc) is 3.70. The van der Waals surface area contributed by atoms with Crippen molar-refractivity contribution < 1.29 is 24.2 Å². The zero-order valence-corrected chi connectivity index (χ0v) is 29.9. The maximum Gasteiger partial charge on any atom is 0.301 e. The maximum atomic E-state index is 13.7. The Morgan fingerprint density at radius 2 is 1.56 bits per heavy atom. The van der Waals surface area contributed by atoms with Gasteiger partial charge in [0.1, 0.15) is 23.9 Å². The number of nitrogens with zero attached hydrogens (tertiary/aromatic N) is 3. The molecule has 6 rings (SSSR count). The molecular weight excluding hydrogens is 667 g/mol. The topological polar surface area (TPSA) is 102 Å². The van der Waals surface area contributed by atoms with Crippen LogP contribution in [0.4, 0.5) is 5.13 Å². The number of thioether (sulfide) groups is 1. The predicted octanol–water partition coefficient (Wildman–Crippen LogP) is 9.22. The zero-order chi connectivity index (χ0) is 35.0. The van der Waals surface area contributed by atoms with E-state index in [4.69, 9.17) is 9.47 Å². The minimum atomic E-state index is -0.927. The molecule has 2 heterocycles. The number of carbonyl (C=O) groups excluding carboxylic acids is 2. The lowest BCUT2D eigenvalue weighted by Gasteiger charge is -2.22. The van der Waals surface area contributed by atoms with Crippen molar-refractivity contribution in [3.63, 3.8) is 0 Å². The number of benzene rings is 4. The van der Waals surface area contributed by atoms with Gasteiger partial charge in [-0.25, -0.2) is 0 Å². The summed E-state index contributed by atoms with van der Waals surface area (Å²) >= 11 is 2.75. The Morgan fingerprint density at radius 3 is 2.28 bits per heavy atom. The Labute approximate surface area is 300 Å². The summed E-state index contributed by atoms with van der Waals surface area (Å²) < 4.78 is 12.5. The molecule has 10 heteroatoms. The summed E-state index contributed by atoms with van der Waals surface area (Å²) in [5, 5.41) is 20.6. The van der Waals surface area contributed by atoms with Crippen molar-refractivity contribution in [1.82, 2.24) is 10.2 Å². The number of hydrogen-bond acceptors (Lipinski definition) is 9. The third kappa shape index (κ3) is 8.26. The Kier molecular flexibility index (Phi) is 11.3. The van der Waals surface area contributed by atoms with E-state index in [-0.39, 0.29) is 16.5 Å². The number of aromatic nitrogens is 2. The molecule has 5 aromatic rings. The van der Waals surface area contributed by atoms with Crippen LogP contribution in [-0.4, -0.2) is 33.6 Å². The fourth-order valence-electron chi connectivity index (χ4n) is 5.65. The van der Waals surface area contributed by atoms with Gasteiger partial charge in [-0.15, -0.1) is 10.2 Å². The normalized spacial score (nSPS) is 15.4. The van der Waals surface area contributed by atoms with Gasteiger partial charge in [-0.05, 0) is 73.4 Å². The van der Waals surface area contributed by atoms with E-state index in [1.807, 2.05) is 56.3 Å². The first-order valence-corrected chi connectivity index (χ1v) is 18.5. The standard InChI is InChI=1S/C40H39N3O5S2/c1-4-5-6-22-47-32-18-14-30(15-19-32)35-34(36(44)31-16-20-33(21-17-31)48-24-29-9-7-8-27(3)23-29)37(45)38(46)43(35)39-41-42-40(50-39)49-25-28-12-10-26(2)11-13-28/h7-21,23,35,44H,4-6,22,24-25H2,1-3H3. The molecule has 1 aliphatic heterocycles. The Bertz CT molecular complexity index is 1970. The Balaban J connectivity index is 1.29. The highest BCUT2D eigenvalue weighted by Gasteiger charge is 2.48. The maximum absolute atomic E-state index is 13.7. The number of aryl methyl sites for hydroxylation is 2. The average molecular weight is 706 g/mol. The summed E-state index contributed by atoms with van der Waals surface area (Å²) in [7, 11) is 0. The lowest BCUT2D eigenvalue weighted by molar-refractivity contribution is -0.132. The van der Waals surface area contributed by atoms with E-state index in [9.17, 15) is 14.7 Å². The van der Waals surface area contributed by atoms with Crippen molar-refractivity contribution in [3.8, 4) is 11.5 Å². The number of Topliss-reactive ketones (excluding diaryl/α,β-unsaturated/α-hetero) is 1. The Morgan fingerprint density at radius 1 is 0.840 bits per heavy atom. The largest absolute Gasteiger partial charge is 0.507 e. The van der Waals surface area contributed by atoms with Crippen molar-refractivity contribution in [2.75, 3.05) is 11.5 Å². The highest BCUT2D eigenvalue weighted by Crippen LogP contribution is 2.44. The molecule has 256 valence electrons. The van der Waals surface area contributed by atoms with Gasteiger partial charge in [0.2, 0.25) is 5.13 Å². The van der Waals surface area contributed by atoms with Crippen LogP contribution >= 0.6 is 23.1 Å². The number of ketones is 1. The van der Waals surface area contributed by atoms with E-state index in [1.54, 1.807) is 24.3 Å². The molecule has 1 unspecified atom stereocenters. The molecule has 8 nitrogen and oxygen atoms in total. The molecule has 0 saturated carbocycles. The second-order valence-electron chi connectivity index (χ2n) is 12.2. The van der Waals surface area contributed by atoms with Crippen LogP contribution in [0.2, 0.25) is 0 Å². The molecule has 50 heavy (non-hydrogen) atoms. The van der Waals surface area contributed by atoms with Crippen LogP contribution in [0, 0.1) is 13.8 Å². The van der Waals surface area contributed by atoms with Crippen molar-refractivity contribution >= 4 is 45.7 Å². The number of unbranched alkanes of at least 4 members (excludes halogenated alkanes) is 2. The van der Waals surface area contributed by atoms with Gasteiger partial charge in [0.05, 0.1) is 18.2 Å². The van der Waals surface area contributed by atoms with Crippen LogP contribution < -0.4 is 14.4 Å². The van der Waals surface area contributed by atoms with Crippen molar-refractivity contribution in [1.29, 1.82) is 0 Å². The minimum absolute atomic E-state index is 0.0240. The summed E-state index contributed by atoms with van der Waals surface area (Å²) in [6, 6.07) is 29.6. The number of ether oxygens (including phenoxy) is 2. The number of hydrogen-bond donors (Lipinski definition) is 1. The monoisotopic (exact) mass is 705 g/mol. The van der Waals surface area contributed by atoms with Crippen LogP contribution in [-0.2, 0) is 21.9 Å². The predicted molar refractivity (Wildman–Crippen MR) is 199 cm³/mol. The van der Waals surface area contributed by atoms with Gasteiger partial charge < -0.3 is 14.6 Å². The molecule has 0 spiro atoms. The summed E-state index contributed by atoms with van der Waals surface area (Å²) in [6.45, 7) is 7.21. The van der Waals surface area contributed by atoms with Crippen LogP contribution in [0.15, 0.2) is 107 Å². The van der Waals surface area contributed by atoms with Crippen LogP contribution in [0.5, 0.6) is 11.5 Å². The first-order valence-electron chi connectivity index (χ1n) is 16.6. The van der Waals surface area contributed by atoms with Gasteiger partial charge in [-0.1, -0.05) is 115 Å². The van der Waals surface area contributed by atoms with Gasteiger partial charge in [0.25, 0.3) is 5.78 Å². The number of anilines is 1. The number of carbonyl (C=O) groups is 2. The molecule has 1 aromatic heterocycles. The lowest BCUT2D eigenvalue weighted by atomic mass is 9.95. The van der Waals surface area contributed by atoms with E-state index in [2.05, 4.69) is 47.5 Å². The van der Waals surface area contributed by atoms with Crippen molar-refractivity contribution in [3.05, 3.63) is 136 Å². The third-order valence-electron chi connectivity index (χ3n) is 8.36. The second-order valence-corrected chi connectivity index (χ2v) is 14.4. The van der Waals surface area contributed by atoms with E-state index in [0.29, 0.717) is 45.9 Å². The first-order chi connectivity index (χ1) is 24.3. The molecule has 0 aliphatic carbocycles. The quantitative estimate of drug-likeness (QED) is 0.0305. The van der Waals surface area contributed by atoms with Crippen LogP contribution in [0.3, 0.4) is 0 Å². The minimum Gasteiger partial charge on any atom is -0.507 e. The molecule has 4 aromatic carbocycles. The molecule has 1 amide bonds. The van der Waals surface area contributed by atoms with Crippen LogP contribution in [0.25, 0.3) is 5.76 Å². The number of rotatable bonds is 14. The molecule has 0 radical (unpaired) electrons. The summed E-state index contributed by atoms with van der Waals surface area (Å²) in [5.74, 6) is 0.131. The van der Waals surface area contributed by atoms with E-state index in [1.165, 1.54) is 33.6 Å². The van der Waals surface area contributed by atoms with E-state index >= 15 is 0 Å².